The average molecular weight is 465 g/mol. The zero-order valence-corrected chi connectivity index (χ0v) is 20.2. The summed E-state index contributed by atoms with van der Waals surface area (Å²) in [6.45, 7) is 3.72. The lowest BCUT2D eigenvalue weighted by Gasteiger charge is -2.17. The standard InChI is InChI=1S/C26H32N4O4/c1-17-24(26(33)34-4)22(27-25(17)18(2)31)16-23(32)30(3)14-10-6-9-13-20-15-21(29-28-20)19-11-7-5-8-12-19/h5,7-8,11-12,15,27H,6,9-10,13-14,16H2,1-4H3,(H,28,29). The summed E-state index contributed by atoms with van der Waals surface area (Å²) in [4.78, 5) is 41.4. The molecule has 1 amide bonds. The Morgan fingerprint density at radius 2 is 1.82 bits per heavy atom. The van der Waals surface area contributed by atoms with Gasteiger partial charge in [-0.1, -0.05) is 36.8 Å². The lowest BCUT2D eigenvalue weighted by Crippen LogP contribution is -2.29. The Balaban J connectivity index is 1.47. The Labute approximate surface area is 199 Å². The van der Waals surface area contributed by atoms with Crippen LogP contribution < -0.4 is 0 Å². The van der Waals surface area contributed by atoms with Crippen molar-refractivity contribution in [2.45, 2.75) is 46.0 Å². The lowest BCUT2D eigenvalue weighted by molar-refractivity contribution is -0.129. The number of benzene rings is 1. The molecule has 0 aliphatic carbocycles. The van der Waals surface area contributed by atoms with Gasteiger partial charge in [-0.15, -0.1) is 0 Å². The van der Waals surface area contributed by atoms with Crippen LogP contribution >= 0.6 is 0 Å². The third-order valence-electron chi connectivity index (χ3n) is 5.96. The fraction of sp³-hybridized carbons (Fsp3) is 0.385. The minimum absolute atomic E-state index is 0.00542. The van der Waals surface area contributed by atoms with Gasteiger partial charge in [-0.25, -0.2) is 4.79 Å². The highest BCUT2D eigenvalue weighted by molar-refractivity contribution is 6.01. The summed E-state index contributed by atoms with van der Waals surface area (Å²) in [6, 6.07) is 12.1. The predicted octanol–water partition coefficient (Wildman–Crippen LogP) is 4.12. The van der Waals surface area contributed by atoms with Gasteiger partial charge in [-0.3, -0.25) is 14.7 Å². The van der Waals surface area contributed by atoms with E-state index in [-0.39, 0.29) is 23.7 Å². The van der Waals surface area contributed by atoms with Crippen molar-refractivity contribution in [2.75, 3.05) is 20.7 Å². The Hall–Kier alpha value is -3.68. The number of aromatic nitrogens is 3. The number of amides is 1. The molecule has 0 radical (unpaired) electrons. The van der Waals surface area contributed by atoms with E-state index >= 15 is 0 Å². The van der Waals surface area contributed by atoms with Crippen molar-refractivity contribution in [3.8, 4) is 11.3 Å². The Kier molecular flexibility index (Phi) is 8.40. The van der Waals surface area contributed by atoms with Crippen LogP contribution in [0.1, 0.15) is 64.0 Å². The van der Waals surface area contributed by atoms with Crippen molar-refractivity contribution in [3.05, 3.63) is 64.6 Å². The number of methoxy groups -OCH3 is 1. The first kappa shape index (κ1) is 25.0. The van der Waals surface area contributed by atoms with Gasteiger partial charge in [0.2, 0.25) is 5.91 Å². The van der Waals surface area contributed by atoms with Gasteiger partial charge in [0.15, 0.2) is 5.78 Å². The molecular weight excluding hydrogens is 432 g/mol. The van der Waals surface area contributed by atoms with Crippen molar-refractivity contribution < 1.29 is 19.1 Å². The maximum atomic E-state index is 12.7. The molecule has 0 aliphatic rings. The molecule has 0 bridgehead atoms. The number of carbonyl (C=O) groups is 3. The molecule has 0 unspecified atom stereocenters. The molecule has 0 saturated carbocycles. The number of hydrogen-bond donors (Lipinski definition) is 2. The highest BCUT2D eigenvalue weighted by atomic mass is 16.5. The fourth-order valence-corrected chi connectivity index (χ4v) is 4.02. The summed E-state index contributed by atoms with van der Waals surface area (Å²) < 4.78 is 4.85. The summed E-state index contributed by atoms with van der Waals surface area (Å²) >= 11 is 0. The molecule has 2 aromatic heterocycles. The average Bonchev–Trinajstić information content (AvgIpc) is 3.43. The summed E-state index contributed by atoms with van der Waals surface area (Å²) in [6.07, 6.45) is 3.73. The summed E-state index contributed by atoms with van der Waals surface area (Å²) in [5, 5.41) is 7.49. The Bertz CT molecular complexity index is 1150. The molecular formula is C26H32N4O4. The SMILES string of the molecule is COC(=O)c1c(CC(=O)N(C)CCCCCc2cc(-c3ccccc3)n[nH]2)[nH]c(C(C)=O)c1C. The number of nitrogens with zero attached hydrogens (tertiary/aromatic N) is 2. The van der Waals surface area contributed by atoms with Gasteiger partial charge in [-0.05, 0) is 37.8 Å². The van der Waals surface area contributed by atoms with E-state index in [1.54, 1.807) is 18.9 Å². The van der Waals surface area contributed by atoms with Crippen LogP contribution in [0.15, 0.2) is 36.4 Å². The van der Waals surface area contributed by atoms with Crippen LogP contribution in [0.4, 0.5) is 0 Å². The van der Waals surface area contributed by atoms with Gasteiger partial charge in [0, 0.05) is 37.5 Å². The highest BCUT2D eigenvalue weighted by Gasteiger charge is 2.25. The number of ether oxygens (including phenoxy) is 1. The topological polar surface area (TPSA) is 108 Å². The Morgan fingerprint density at radius 1 is 1.09 bits per heavy atom. The number of esters is 1. The van der Waals surface area contributed by atoms with E-state index in [9.17, 15) is 14.4 Å². The van der Waals surface area contributed by atoms with Crippen LogP contribution in [0.2, 0.25) is 0 Å². The number of hydrogen-bond acceptors (Lipinski definition) is 5. The predicted molar refractivity (Wildman–Crippen MR) is 130 cm³/mol. The molecule has 0 saturated heterocycles. The lowest BCUT2D eigenvalue weighted by atomic mass is 10.1. The molecule has 0 spiro atoms. The van der Waals surface area contributed by atoms with Crippen LogP contribution in [-0.4, -0.2) is 58.4 Å². The number of nitrogens with one attached hydrogen (secondary N) is 2. The van der Waals surface area contributed by atoms with Gasteiger partial charge >= 0.3 is 5.97 Å². The van der Waals surface area contributed by atoms with Gasteiger partial charge in [-0.2, -0.15) is 5.10 Å². The molecule has 2 heterocycles. The van der Waals surface area contributed by atoms with Gasteiger partial charge in [0.25, 0.3) is 0 Å². The minimum Gasteiger partial charge on any atom is -0.465 e. The van der Waals surface area contributed by atoms with E-state index in [4.69, 9.17) is 4.74 Å². The van der Waals surface area contributed by atoms with Crippen molar-refractivity contribution in [3.63, 3.8) is 0 Å². The molecule has 0 aliphatic heterocycles. The van der Waals surface area contributed by atoms with Crippen LogP contribution in [0.3, 0.4) is 0 Å². The molecule has 180 valence electrons. The van der Waals surface area contributed by atoms with Crippen LogP contribution in [0.25, 0.3) is 11.3 Å². The third-order valence-corrected chi connectivity index (χ3v) is 5.96. The molecule has 8 nitrogen and oxygen atoms in total. The molecule has 3 rings (SSSR count). The molecule has 0 atom stereocenters. The van der Waals surface area contributed by atoms with Gasteiger partial charge < -0.3 is 14.6 Å². The third kappa shape index (κ3) is 6.01. The minimum atomic E-state index is -0.555. The van der Waals surface area contributed by atoms with Crippen molar-refractivity contribution >= 4 is 17.7 Å². The number of aromatic amines is 2. The van der Waals surface area contributed by atoms with E-state index in [1.807, 2.05) is 30.3 Å². The number of likely N-dealkylation sites (N-methyl/N-ethyl adjacent to an activating group) is 1. The van der Waals surface area contributed by atoms with Crippen LogP contribution in [0.5, 0.6) is 0 Å². The highest BCUT2D eigenvalue weighted by Crippen LogP contribution is 2.21. The van der Waals surface area contributed by atoms with Gasteiger partial charge in [0.1, 0.15) is 0 Å². The quantitative estimate of drug-likeness (QED) is 0.252. The second kappa shape index (κ2) is 11.4. The maximum Gasteiger partial charge on any atom is 0.339 e. The van der Waals surface area contributed by atoms with E-state index in [2.05, 4.69) is 21.2 Å². The molecule has 0 fully saturated rings. The number of carbonyl (C=O) groups excluding carboxylic acids is 3. The van der Waals surface area contributed by atoms with Crippen molar-refractivity contribution in [1.29, 1.82) is 0 Å². The normalized spacial score (nSPS) is 10.8. The van der Waals surface area contributed by atoms with E-state index in [1.165, 1.54) is 14.0 Å². The Morgan fingerprint density at radius 3 is 2.50 bits per heavy atom. The molecule has 34 heavy (non-hydrogen) atoms. The van der Waals surface area contributed by atoms with Gasteiger partial charge in [0.05, 0.1) is 30.5 Å². The first-order valence-corrected chi connectivity index (χ1v) is 11.5. The summed E-state index contributed by atoms with van der Waals surface area (Å²) in [7, 11) is 3.04. The molecule has 2 N–H and O–H groups in total. The number of ketones is 1. The van der Waals surface area contributed by atoms with Crippen LogP contribution in [0, 0.1) is 6.92 Å². The second-order valence-corrected chi connectivity index (χ2v) is 8.47. The molecule has 3 aromatic rings. The zero-order chi connectivity index (χ0) is 24.7. The second-order valence-electron chi connectivity index (χ2n) is 8.47. The number of H-pyrrole nitrogens is 2. The largest absolute Gasteiger partial charge is 0.465 e. The smallest absolute Gasteiger partial charge is 0.339 e. The van der Waals surface area contributed by atoms with E-state index < -0.39 is 5.97 Å². The first-order chi connectivity index (χ1) is 16.3. The molecule has 8 heteroatoms. The zero-order valence-electron chi connectivity index (χ0n) is 20.2. The number of aryl methyl sites for hydroxylation is 1. The molecule has 1 aromatic carbocycles. The number of rotatable bonds is 11. The maximum absolute atomic E-state index is 12.7. The first-order valence-electron chi connectivity index (χ1n) is 11.5. The monoisotopic (exact) mass is 464 g/mol. The summed E-state index contributed by atoms with van der Waals surface area (Å²) in [5.41, 5.74) is 4.66. The van der Waals surface area contributed by atoms with E-state index in [0.717, 1.165) is 42.6 Å². The van der Waals surface area contributed by atoms with Crippen molar-refractivity contribution in [2.24, 2.45) is 0 Å². The van der Waals surface area contributed by atoms with Crippen LogP contribution in [-0.2, 0) is 22.4 Å². The fourth-order valence-electron chi connectivity index (χ4n) is 4.02. The number of Topliss-reactive ketones (excluding diaryl/α,β-unsaturated/α-hetero) is 1. The summed E-state index contributed by atoms with van der Waals surface area (Å²) in [5.74, 6) is -0.869. The number of unbranched alkanes of at least 4 members (excludes halogenated alkanes) is 2. The van der Waals surface area contributed by atoms with E-state index in [0.29, 0.717) is 23.5 Å². The van der Waals surface area contributed by atoms with Crippen molar-refractivity contribution in [1.82, 2.24) is 20.1 Å².